The van der Waals surface area contributed by atoms with E-state index in [0.717, 1.165) is 11.8 Å². The smallest absolute Gasteiger partial charge is 0.317 e. The zero-order chi connectivity index (χ0) is 20.9. The minimum Gasteiger partial charge on any atom is -0.436 e. The molecule has 7 heteroatoms. The zero-order valence-corrected chi connectivity index (χ0v) is 22.7. The summed E-state index contributed by atoms with van der Waals surface area (Å²) in [5.74, 6) is 1.63. The summed E-state index contributed by atoms with van der Waals surface area (Å²) < 4.78 is 25.8. The van der Waals surface area contributed by atoms with E-state index in [0.29, 0.717) is 24.4 Å². The maximum absolute atomic E-state index is 7.09. The molecule has 0 aromatic carbocycles. The molecule has 2 aliphatic carbocycles. The molecule has 4 fully saturated rings. The second-order valence-corrected chi connectivity index (χ2v) is 25.1. The third kappa shape index (κ3) is 6.73. The summed E-state index contributed by atoms with van der Waals surface area (Å²) in [5.41, 5.74) is 0. The van der Waals surface area contributed by atoms with Gasteiger partial charge in [-0.05, 0) is 115 Å². The second kappa shape index (κ2) is 8.45. The van der Waals surface area contributed by atoms with Crippen molar-refractivity contribution in [3.63, 3.8) is 0 Å². The van der Waals surface area contributed by atoms with Gasteiger partial charge in [0.25, 0.3) is 0 Å². The number of epoxide rings is 2. The lowest BCUT2D eigenvalue weighted by molar-refractivity contribution is 0.318. The Morgan fingerprint density at radius 3 is 1.38 bits per heavy atom. The molecule has 2 heterocycles. The molecule has 4 rings (SSSR count). The van der Waals surface area contributed by atoms with Crippen LogP contribution in [0.4, 0.5) is 0 Å². The van der Waals surface area contributed by atoms with Gasteiger partial charge in [-0.15, -0.1) is 0 Å². The molecule has 0 radical (unpaired) electrons. The summed E-state index contributed by atoms with van der Waals surface area (Å²) in [6.07, 6.45) is 12.7. The molecule has 6 atom stereocenters. The minimum absolute atomic E-state index is 0.578. The molecule has 2 saturated carbocycles. The molecule has 2 aliphatic heterocycles. The predicted molar refractivity (Wildman–Crippen MR) is 125 cm³/mol. The van der Waals surface area contributed by atoms with Gasteiger partial charge in [-0.1, -0.05) is 0 Å². The van der Waals surface area contributed by atoms with Crippen molar-refractivity contribution in [1.29, 1.82) is 0 Å². The fourth-order valence-electron chi connectivity index (χ4n) is 5.81. The fourth-order valence-corrected chi connectivity index (χ4v) is 18.9. The highest BCUT2D eigenvalue weighted by Gasteiger charge is 2.49. The lowest BCUT2D eigenvalue weighted by atomic mass is 9.87. The van der Waals surface area contributed by atoms with Gasteiger partial charge in [-0.2, -0.15) is 0 Å². The van der Waals surface area contributed by atoms with Crippen LogP contribution in [-0.4, -0.2) is 49.6 Å². The standard InChI is InChI=1S/C22H44O4Si3/c1-27(2,3)25-29(26-28(4,5)6,13-11-17-7-9-19-21(15-17)23-19)14-12-18-8-10-20-22(16-18)24-20/h17-22H,7-16H2,1-6H3. The van der Waals surface area contributed by atoms with Crippen LogP contribution in [0.25, 0.3) is 0 Å². The van der Waals surface area contributed by atoms with Crippen molar-refractivity contribution >= 4 is 25.2 Å². The van der Waals surface area contributed by atoms with E-state index >= 15 is 0 Å². The monoisotopic (exact) mass is 456 g/mol. The van der Waals surface area contributed by atoms with E-state index in [1.54, 1.807) is 0 Å². The van der Waals surface area contributed by atoms with Gasteiger partial charge < -0.3 is 17.7 Å². The Bertz CT molecular complexity index is 523. The van der Waals surface area contributed by atoms with Crippen LogP contribution in [0.2, 0.25) is 51.4 Å². The number of fused-ring (bicyclic) bond motifs is 2. The van der Waals surface area contributed by atoms with Crippen LogP contribution in [0, 0.1) is 11.8 Å². The summed E-state index contributed by atoms with van der Waals surface area (Å²) in [6, 6.07) is 2.39. The molecular weight excluding hydrogens is 412 g/mol. The first kappa shape index (κ1) is 22.7. The molecule has 168 valence electrons. The third-order valence-corrected chi connectivity index (χ3v) is 17.1. The highest BCUT2D eigenvalue weighted by Crippen LogP contribution is 2.45. The topological polar surface area (TPSA) is 43.5 Å². The number of ether oxygens (including phenoxy) is 2. The van der Waals surface area contributed by atoms with E-state index < -0.39 is 25.2 Å². The quantitative estimate of drug-likeness (QED) is 0.296. The van der Waals surface area contributed by atoms with E-state index in [4.69, 9.17) is 17.7 Å². The maximum Gasteiger partial charge on any atom is 0.317 e. The molecule has 0 bridgehead atoms. The molecule has 6 unspecified atom stereocenters. The van der Waals surface area contributed by atoms with Gasteiger partial charge in [-0.25, -0.2) is 0 Å². The van der Waals surface area contributed by atoms with Crippen LogP contribution in [0.15, 0.2) is 0 Å². The summed E-state index contributed by atoms with van der Waals surface area (Å²) in [6.45, 7) is 14.1. The summed E-state index contributed by atoms with van der Waals surface area (Å²) in [5, 5.41) is 0. The van der Waals surface area contributed by atoms with E-state index in [1.165, 1.54) is 63.5 Å². The molecule has 4 aliphatic rings. The van der Waals surface area contributed by atoms with Crippen molar-refractivity contribution in [1.82, 2.24) is 0 Å². The average molecular weight is 457 g/mol. The van der Waals surface area contributed by atoms with E-state index in [1.807, 2.05) is 0 Å². The molecule has 0 spiro atoms. The van der Waals surface area contributed by atoms with Crippen molar-refractivity contribution in [2.24, 2.45) is 11.8 Å². The van der Waals surface area contributed by atoms with Gasteiger partial charge in [0.1, 0.15) is 0 Å². The summed E-state index contributed by atoms with van der Waals surface area (Å²) in [4.78, 5) is 0. The van der Waals surface area contributed by atoms with Crippen molar-refractivity contribution in [3.8, 4) is 0 Å². The average Bonchev–Trinajstić information content (AvgIpc) is 3.48. The van der Waals surface area contributed by atoms with E-state index in [-0.39, 0.29) is 0 Å². The Morgan fingerprint density at radius 1 is 0.621 bits per heavy atom. The third-order valence-electron chi connectivity index (χ3n) is 7.08. The lowest BCUT2D eigenvalue weighted by Crippen LogP contribution is -2.55. The normalized spacial score (nSPS) is 37.0. The van der Waals surface area contributed by atoms with Crippen LogP contribution in [0.5, 0.6) is 0 Å². The molecule has 0 N–H and O–H groups in total. The van der Waals surface area contributed by atoms with E-state index in [9.17, 15) is 0 Å². The van der Waals surface area contributed by atoms with Crippen LogP contribution in [0.3, 0.4) is 0 Å². The number of hydrogen-bond donors (Lipinski definition) is 0. The van der Waals surface area contributed by atoms with Gasteiger partial charge in [0.15, 0.2) is 16.6 Å². The highest BCUT2D eigenvalue weighted by atomic mass is 28.5. The zero-order valence-electron chi connectivity index (χ0n) is 19.7. The van der Waals surface area contributed by atoms with Crippen molar-refractivity contribution in [3.05, 3.63) is 0 Å². The first-order valence-corrected chi connectivity index (χ1v) is 21.3. The van der Waals surface area contributed by atoms with Crippen molar-refractivity contribution in [2.75, 3.05) is 0 Å². The number of hydrogen-bond acceptors (Lipinski definition) is 4. The first-order chi connectivity index (χ1) is 13.5. The summed E-state index contributed by atoms with van der Waals surface area (Å²) >= 11 is 0. The number of rotatable bonds is 10. The Balaban J connectivity index is 1.42. The largest absolute Gasteiger partial charge is 0.436 e. The van der Waals surface area contributed by atoms with Gasteiger partial charge in [0.2, 0.25) is 0 Å². The van der Waals surface area contributed by atoms with Crippen LogP contribution in [-0.2, 0) is 17.7 Å². The first-order valence-electron chi connectivity index (χ1n) is 12.2. The van der Waals surface area contributed by atoms with Gasteiger partial charge in [0, 0.05) is 0 Å². The Kier molecular flexibility index (Phi) is 6.60. The second-order valence-electron chi connectivity index (χ2n) is 12.2. The lowest BCUT2D eigenvalue weighted by Gasteiger charge is -2.42. The molecular formula is C22H44O4Si3. The Morgan fingerprint density at radius 2 is 1.03 bits per heavy atom. The van der Waals surface area contributed by atoms with Crippen molar-refractivity contribution < 1.29 is 17.7 Å². The molecule has 0 amide bonds. The maximum atomic E-state index is 7.09. The van der Waals surface area contributed by atoms with E-state index in [2.05, 4.69) is 39.3 Å². The SMILES string of the molecule is C[Si](C)(C)O[Si](CCC1CCC2OC2C1)(CCC1CCC2OC2C1)O[Si](C)(C)C. The highest BCUT2D eigenvalue weighted by molar-refractivity contribution is 6.88. The van der Waals surface area contributed by atoms with Gasteiger partial charge in [0.05, 0.1) is 24.4 Å². The predicted octanol–water partition coefficient (Wildman–Crippen LogP) is 6.05. The molecule has 4 nitrogen and oxygen atoms in total. The van der Waals surface area contributed by atoms with Crippen LogP contribution < -0.4 is 0 Å². The van der Waals surface area contributed by atoms with Crippen LogP contribution in [0.1, 0.15) is 51.4 Å². The Labute approximate surface area is 181 Å². The molecule has 0 aromatic rings. The van der Waals surface area contributed by atoms with Gasteiger partial charge >= 0.3 is 8.56 Å². The Hall–Kier alpha value is 0.491. The molecule has 29 heavy (non-hydrogen) atoms. The van der Waals surface area contributed by atoms with Crippen LogP contribution >= 0.6 is 0 Å². The molecule has 0 aromatic heterocycles. The summed E-state index contributed by atoms with van der Waals surface area (Å²) in [7, 11) is -5.54. The van der Waals surface area contributed by atoms with Crippen molar-refractivity contribution in [2.45, 2.75) is 127 Å². The fraction of sp³-hybridized carbons (Fsp3) is 1.00. The minimum atomic E-state index is -2.21. The van der Waals surface area contributed by atoms with Gasteiger partial charge in [-0.3, -0.25) is 0 Å². The molecule has 2 saturated heterocycles.